The number of hydrogen-bond acceptors (Lipinski definition) is 1. The van der Waals surface area contributed by atoms with Crippen LogP contribution in [0.3, 0.4) is 0 Å². The topological polar surface area (TPSA) is 13.1 Å². The molecule has 0 aliphatic heterocycles. The van der Waals surface area contributed by atoms with Crippen molar-refractivity contribution in [2.75, 3.05) is 0 Å². The number of fused-ring (bicyclic) bond motifs is 1. The van der Waals surface area contributed by atoms with Crippen molar-refractivity contribution in [1.29, 1.82) is 0 Å². The summed E-state index contributed by atoms with van der Waals surface area (Å²) in [6, 6.07) is 37.7. The van der Waals surface area contributed by atoms with Crippen LogP contribution < -0.4 is 0 Å². The Morgan fingerprint density at radius 1 is 0.444 bits per heavy atom. The molecule has 5 aromatic rings. The highest BCUT2D eigenvalue weighted by Crippen LogP contribution is 2.41. The molecular formula is C26H18O. The van der Waals surface area contributed by atoms with Crippen molar-refractivity contribution in [3.63, 3.8) is 0 Å². The number of furan rings is 1. The molecule has 128 valence electrons. The Hall–Kier alpha value is -3.58. The maximum Gasteiger partial charge on any atom is 0.143 e. The molecule has 1 nitrogen and oxygen atoms in total. The molecule has 0 atom stereocenters. The monoisotopic (exact) mass is 346 g/mol. The van der Waals surface area contributed by atoms with E-state index in [1.165, 1.54) is 11.1 Å². The molecule has 0 saturated heterocycles. The molecule has 0 fully saturated rings. The molecule has 0 spiro atoms. The quantitative estimate of drug-likeness (QED) is 0.331. The second kappa shape index (κ2) is 6.62. The molecule has 0 N–H and O–H groups in total. The van der Waals surface area contributed by atoms with E-state index in [1.807, 2.05) is 30.3 Å². The van der Waals surface area contributed by atoms with Crippen LogP contribution in [0.4, 0.5) is 0 Å². The molecular weight excluding hydrogens is 328 g/mol. The van der Waals surface area contributed by atoms with E-state index in [9.17, 15) is 0 Å². The minimum atomic E-state index is 0.911. The van der Waals surface area contributed by atoms with E-state index in [4.69, 9.17) is 4.42 Å². The summed E-state index contributed by atoms with van der Waals surface area (Å²) in [4.78, 5) is 0. The maximum absolute atomic E-state index is 6.40. The van der Waals surface area contributed by atoms with Crippen molar-refractivity contribution in [2.24, 2.45) is 0 Å². The van der Waals surface area contributed by atoms with Crippen LogP contribution in [0.15, 0.2) is 114 Å². The highest BCUT2D eigenvalue weighted by Gasteiger charge is 2.17. The van der Waals surface area contributed by atoms with E-state index in [0.29, 0.717) is 0 Å². The molecule has 0 saturated carbocycles. The van der Waals surface area contributed by atoms with E-state index in [0.717, 1.165) is 33.4 Å². The maximum atomic E-state index is 6.40. The Kier molecular flexibility index (Phi) is 3.84. The molecule has 1 heteroatoms. The van der Waals surface area contributed by atoms with Gasteiger partial charge in [0.2, 0.25) is 0 Å². The van der Waals surface area contributed by atoms with Gasteiger partial charge < -0.3 is 4.42 Å². The number of rotatable bonds is 3. The van der Waals surface area contributed by atoms with Gasteiger partial charge in [-0.15, -0.1) is 0 Å². The predicted molar refractivity (Wildman–Crippen MR) is 113 cm³/mol. The van der Waals surface area contributed by atoms with Gasteiger partial charge in [0.15, 0.2) is 0 Å². The smallest absolute Gasteiger partial charge is 0.143 e. The van der Waals surface area contributed by atoms with Gasteiger partial charge in [-0.3, -0.25) is 0 Å². The van der Waals surface area contributed by atoms with Crippen LogP contribution in [-0.4, -0.2) is 0 Å². The second-order valence-electron chi connectivity index (χ2n) is 6.62. The van der Waals surface area contributed by atoms with Gasteiger partial charge in [-0.1, -0.05) is 97.1 Å². The zero-order chi connectivity index (χ0) is 18.1. The fourth-order valence-corrected chi connectivity index (χ4v) is 3.59. The average Bonchev–Trinajstić information content (AvgIpc) is 3.14. The number of hydrogen-bond donors (Lipinski definition) is 0. The fraction of sp³-hybridized carbons (Fsp3) is 0. The third-order valence-corrected chi connectivity index (χ3v) is 4.90. The number of benzene rings is 4. The molecule has 0 unspecified atom stereocenters. The molecule has 0 bridgehead atoms. The van der Waals surface area contributed by atoms with E-state index in [1.54, 1.807) is 0 Å². The minimum absolute atomic E-state index is 0.911. The largest absolute Gasteiger partial charge is 0.455 e. The summed E-state index contributed by atoms with van der Waals surface area (Å²) in [7, 11) is 0. The van der Waals surface area contributed by atoms with Gasteiger partial charge in [-0.05, 0) is 28.8 Å². The highest BCUT2D eigenvalue weighted by atomic mass is 16.3. The van der Waals surface area contributed by atoms with Gasteiger partial charge in [0, 0.05) is 16.5 Å². The van der Waals surface area contributed by atoms with Crippen molar-refractivity contribution >= 4 is 11.0 Å². The molecule has 27 heavy (non-hydrogen) atoms. The Balaban J connectivity index is 1.77. The molecule has 0 aliphatic rings. The Labute approximate surface area is 158 Å². The minimum Gasteiger partial charge on any atom is -0.455 e. The Morgan fingerprint density at radius 2 is 1.00 bits per heavy atom. The van der Waals surface area contributed by atoms with Crippen LogP contribution in [0, 0.1) is 0 Å². The first-order valence-corrected chi connectivity index (χ1v) is 9.13. The zero-order valence-electron chi connectivity index (χ0n) is 14.8. The van der Waals surface area contributed by atoms with Gasteiger partial charge in [-0.2, -0.15) is 0 Å². The average molecular weight is 346 g/mol. The Morgan fingerprint density at radius 3 is 1.63 bits per heavy atom. The van der Waals surface area contributed by atoms with Crippen molar-refractivity contribution in [3.05, 3.63) is 109 Å². The Bertz CT molecular complexity index is 1190. The van der Waals surface area contributed by atoms with Crippen LogP contribution in [0.1, 0.15) is 0 Å². The third-order valence-electron chi connectivity index (χ3n) is 4.90. The van der Waals surface area contributed by atoms with Crippen LogP contribution in [0.5, 0.6) is 0 Å². The van der Waals surface area contributed by atoms with Gasteiger partial charge in [-0.25, -0.2) is 0 Å². The standard InChI is InChI=1S/C26H18O/c1-4-10-19(11-5-1)22-16-17-23-24(18-22)27-26(21-14-8-3-9-15-21)25(23)20-12-6-2-7-13-20/h1-18H. The first-order chi connectivity index (χ1) is 13.4. The fourth-order valence-electron chi connectivity index (χ4n) is 3.59. The molecule has 0 radical (unpaired) electrons. The first-order valence-electron chi connectivity index (χ1n) is 9.13. The summed E-state index contributed by atoms with van der Waals surface area (Å²) in [5.41, 5.74) is 6.68. The third kappa shape index (κ3) is 2.84. The lowest BCUT2D eigenvalue weighted by molar-refractivity contribution is 0.632. The molecule has 0 aliphatic carbocycles. The molecule has 1 aromatic heterocycles. The SMILES string of the molecule is c1ccc(-c2ccc3c(-c4ccccc4)c(-c4ccccc4)oc3c2)cc1. The molecule has 1 heterocycles. The normalized spacial score (nSPS) is 11.0. The molecule has 0 amide bonds. The first kappa shape index (κ1) is 15.7. The lowest BCUT2D eigenvalue weighted by Crippen LogP contribution is -1.81. The van der Waals surface area contributed by atoms with E-state index >= 15 is 0 Å². The summed E-state index contributed by atoms with van der Waals surface area (Å²) >= 11 is 0. The van der Waals surface area contributed by atoms with Crippen LogP contribution in [-0.2, 0) is 0 Å². The van der Waals surface area contributed by atoms with Gasteiger partial charge >= 0.3 is 0 Å². The van der Waals surface area contributed by atoms with Gasteiger partial charge in [0.25, 0.3) is 0 Å². The summed E-state index contributed by atoms with van der Waals surface area (Å²) in [5.74, 6) is 0.919. The lowest BCUT2D eigenvalue weighted by Gasteiger charge is -2.04. The molecule has 4 aromatic carbocycles. The van der Waals surface area contributed by atoms with Crippen LogP contribution in [0.2, 0.25) is 0 Å². The lowest BCUT2D eigenvalue weighted by atomic mass is 9.97. The molecule has 5 rings (SSSR count). The van der Waals surface area contributed by atoms with Crippen LogP contribution >= 0.6 is 0 Å². The summed E-state index contributed by atoms with van der Waals surface area (Å²) in [5, 5.41) is 1.14. The van der Waals surface area contributed by atoms with E-state index in [-0.39, 0.29) is 0 Å². The van der Waals surface area contributed by atoms with Crippen molar-refractivity contribution in [3.8, 4) is 33.6 Å². The van der Waals surface area contributed by atoms with E-state index < -0.39 is 0 Å². The van der Waals surface area contributed by atoms with Crippen molar-refractivity contribution in [1.82, 2.24) is 0 Å². The van der Waals surface area contributed by atoms with Gasteiger partial charge in [0.05, 0.1) is 0 Å². The summed E-state index contributed by atoms with van der Waals surface area (Å²) in [6.07, 6.45) is 0. The summed E-state index contributed by atoms with van der Waals surface area (Å²) < 4.78 is 6.40. The predicted octanol–water partition coefficient (Wildman–Crippen LogP) is 7.43. The van der Waals surface area contributed by atoms with Crippen LogP contribution in [0.25, 0.3) is 44.5 Å². The van der Waals surface area contributed by atoms with Crippen molar-refractivity contribution in [2.45, 2.75) is 0 Å². The zero-order valence-corrected chi connectivity index (χ0v) is 14.8. The van der Waals surface area contributed by atoms with Gasteiger partial charge in [0.1, 0.15) is 11.3 Å². The summed E-state index contributed by atoms with van der Waals surface area (Å²) in [6.45, 7) is 0. The van der Waals surface area contributed by atoms with E-state index in [2.05, 4.69) is 78.9 Å². The van der Waals surface area contributed by atoms with Crippen molar-refractivity contribution < 1.29 is 4.42 Å². The second-order valence-corrected chi connectivity index (χ2v) is 6.62. The highest BCUT2D eigenvalue weighted by molar-refractivity contribution is 6.02.